The molecule has 1 atom stereocenters. The minimum Gasteiger partial charge on any atom is -0.462 e. The average molecular weight is 570 g/mol. The number of esters is 2. The Morgan fingerprint density at radius 2 is 1.69 bits per heavy atom. The van der Waals surface area contributed by atoms with E-state index in [-0.39, 0.29) is 17.9 Å². The molecule has 0 amide bonds. The molecule has 0 aliphatic rings. The molecule has 0 aliphatic carbocycles. The topological polar surface area (TPSA) is 93.3 Å². The predicted molar refractivity (Wildman–Crippen MR) is 168 cm³/mol. The third-order valence-corrected chi connectivity index (χ3v) is 7.14. The summed E-state index contributed by atoms with van der Waals surface area (Å²) in [7, 11) is 0. The summed E-state index contributed by atoms with van der Waals surface area (Å²) >= 11 is 0. The SMILES string of the molecule is CCOC(=O)c1ccc2[nH]c(-c3cc(C)cc(C)c3)c(CCNCC(CCc3ccncc3)C(=O)OC(C)(C)C)c2c1. The molecule has 2 heterocycles. The van der Waals surface area contributed by atoms with Gasteiger partial charge in [-0.1, -0.05) is 17.2 Å². The summed E-state index contributed by atoms with van der Waals surface area (Å²) in [6.07, 6.45) is 5.70. The highest BCUT2D eigenvalue weighted by molar-refractivity contribution is 5.98. The van der Waals surface area contributed by atoms with Crippen molar-refractivity contribution in [3.05, 3.63) is 88.7 Å². The van der Waals surface area contributed by atoms with Crippen LogP contribution in [0.5, 0.6) is 0 Å². The van der Waals surface area contributed by atoms with E-state index >= 15 is 0 Å². The lowest BCUT2D eigenvalue weighted by Gasteiger charge is -2.24. The summed E-state index contributed by atoms with van der Waals surface area (Å²) in [5.41, 5.74) is 7.76. The third-order valence-electron chi connectivity index (χ3n) is 7.14. The maximum absolute atomic E-state index is 13.1. The van der Waals surface area contributed by atoms with Crippen molar-refractivity contribution in [2.75, 3.05) is 19.7 Å². The van der Waals surface area contributed by atoms with Crippen LogP contribution >= 0.6 is 0 Å². The zero-order valence-electron chi connectivity index (χ0n) is 25.7. The number of pyridine rings is 1. The minimum atomic E-state index is -0.548. The molecule has 0 bridgehead atoms. The first kappa shape index (κ1) is 31.0. The number of fused-ring (bicyclic) bond motifs is 1. The molecule has 0 fully saturated rings. The highest BCUT2D eigenvalue weighted by atomic mass is 16.6. The number of hydrogen-bond donors (Lipinski definition) is 2. The predicted octanol–water partition coefficient (Wildman–Crippen LogP) is 6.75. The van der Waals surface area contributed by atoms with E-state index in [2.05, 4.69) is 47.3 Å². The van der Waals surface area contributed by atoms with Gasteiger partial charge in [0, 0.05) is 35.5 Å². The smallest absolute Gasteiger partial charge is 0.338 e. The van der Waals surface area contributed by atoms with Crippen LogP contribution in [0.4, 0.5) is 0 Å². The van der Waals surface area contributed by atoms with E-state index < -0.39 is 5.60 Å². The number of ether oxygens (including phenoxy) is 2. The Bertz CT molecular complexity index is 1500. The largest absolute Gasteiger partial charge is 0.462 e. The lowest BCUT2D eigenvalue weighted by Crippen LogP contribution is -2.35. The monoisotopic (exact) mass is 569 g/mol. The van der Waals surface area contributed by atoms with Crippen LogP contribution in [0.2, 0.25) is 0 Å². The number of aromatic amines is 1. The molecule has 0 saturated heterocycles. The quantitative estimate of drug-likeness (QED) is 0.145. The van der Waals surface area contributed by atoms with Crippen molar-refractivity contribution < 1.29 is 19.1 Å². The third kappa shape index (κ3) is 8.29. The number of carbonyl (C=O) groups excluding carboxylic acids is 2. The number of carbonyl (C=O) groups is 2. The molecule has 0 aliphatic heterocycles. The van der Waals surface area contributed by atoms with Crippen molar-refractivity contribution in [2.45, 2.75) is 66.4 Å². The molecule has 4 aromatic rings. The Morgan fingerprint density at radius 1 is 0.976 bits per heavy atom. The van der Waals surface area contributed by atoms with Crippen molar-refractivity contribution >= 4 is 22.8 Å². The summed E-state index contributed by atoms with van der Waals surface area (Å²) < 4.78 is 11.0. The molecule has 0 spiro atoms. The van der Waals surface area contributed by atoms with Crippen LogP contribution in [-0.2, 0) is 27.1 Å². The number of nitrogens with one attached hydrogen (secondary N) is 2. The van der Waals surface area contributed by atoms with E-state index in [0.717, 1.165) is 39.7 Å². The molecule has 222 valence electrons. The van der Waals surface area contributed by atoms with Crippen LogP contribution in [0.3, 0.4) is 0 Å². The summed E-state index contributed by atoms with van der Waals surface area (Å²) in [6.45, 7) is 13.2. The first-order valence-electron chi connectivity index (χ1n) is 14.8. The van der Waals surface area contributed by atoms with Crippen molar-refractivity contribution in [1.82, 2.24) is 15.3 Å². The fraction of sp³-hybridized carbons (Fsp3) is 0.400. The molecule has 1 unspecified atom stereocenters. The number of aryl methyl sites for hydroxylation is 3. The van der Waals surface area contributed by atoms with Gasteiger partial charge in [0.2, 0.25) is 0 Å². The summed E-state index contributed by atoms with van der Waals surface area (Å²) in [5.74, 6) is -0.798. The van der Waals surface area contributed by atoms with Crippen molar-refractivity contribution in [3.8, 4) is 11.3 Å². The first-order valence-corrected chi connectivity index (χ1v) is 14.8. The van der Waals surface area contributed by atoms with Crippen LogP contribution in [0.15, 0.2) is 60.9 Å². The molecule has 2 aromatic carbocycles. The Kier molecular flexibility index (Phi) is 10.2. The van der Waals surface area contributed by atoms with Crippen LogP contribution in [0, 0.1) is 19.8 Å². The van der Waals surface area contributed by atoms with Gasteiger partial charge in [-0.05, 0) is 127 Å². The molecule has 2 aromatic heterocycles. The van der Waals surface area contributed by atoms with Gasteiger partial charge >= 0.3 is 11.9 Å². The Balaban J connectivity index is 1.56. The zero-order chi connectivity index (χ0) is 30.3. The number of benzene rings is 2. The van der Waals surface area contributed by atoms with Gasteiger partial charge in [-0.25, -0.2) is 4.79 Å². The van der Waals surface area contributed by atoms with Crippen molar-refractivity contribution in [2.24, 2.45) is 5.92 Å². The van der Waals surface area contributed by atoms with Gasteiger partial charge in [-0.3, -0.25) is 9.78 Å². The molecular weight excluding hydrogens is 526 g/mol. The summed E-state index contributed by atoms with van der Waals surface area (Å²) in [6, 6.07) is 16.2. The normalized spacial score (nSPS) is 12.3. The van der Waals surface area contributed by atoms with Crippen LogP contribution in [0.25, 0.3) is 22.2 Å². The Hall–Kier alpha value is -3.97. The van der Waals surface area contributed by atoms with Crippen LogP contribution < -0.4 is 5.32 Å². The summed E-state index contributed by atoms with van der Waals surface area (Å²) in [5, 5.41) is 4.53. The maximum Gasteiger partial charge on any atom is 0.338 e. The molecule has 0 radical (unpaired) electrons. The van der Waals surface area contributed by atoms with Gasteiger partial charge in [0.05, 0.1) is 18.1 Å². The zero-order valence-corrected chi connectivity index (χ0v) is 25.7. The van der Waals surface area contributed by atoms with E-state index in [1.807, 2.05) is 52.0 Å². The standard InChI is InChI=1S/C35H43N3O4/c1-7-41-33(39)26-10-11-31-30(21-26)29(32(38-31)28-19-23(2)18-24(3)20-28)14-17-37-22-27(34(40)42-35(4,5)6)9-8-25-12-15-36-16-13-25/h10-13,15-16,18-21,27,37-38H,7-9,14,17,22H2,1-6H3. The average Bonchev–Trinajstić information content (AvgIpc) is 3.29. The van der Waals surface area contributed by atoms with Crippen LogP contribution in [-0.4, -0.2) is 47.2 Å². The van der Waals surface area contributed by atoms with E-state index in [9.17, 15) is 9.59 Å². The van der Waals surface area contributed by atoms with Gasteiger partial charge in [-0.2, -0.15) is 0 Å². The Labute approximate surface area is 249 Å². The number of aromatic nitrogens is 2. The van der Waals surface area contributed by atoms with E-state index in [4.69, 9.17) is 9.47 Å². The van der Waals surface area contributed by atoms with Crippen molar-refractivity contribution in [3.63, 3.8) is 0 Å². The maximum atomic E-state index is 13.1. The number of H-pyrrole nitrogens is 1. The van der Waals surface area contributed by atoms with Gasteiger partial charge < -0.3 is 19.8 Å². The van der Waals surface area contributed by atoms with E-state index in [0.29, 0.717) is 38.1 Å². The highest BCUT2D eigenvalue weighted by Gasteiger charge is 2.25. The molecular formula is C35H43N3O4. The van der Waals surface area contributed by atoms with Crippen LogP contribution in [0.1, 0.15) is 66.7 Å². The number of nitrogens with zero attached hydrogens (tertiary/aromatic N) is 1. The van der Waals surface area contributed by atoms with E-state index in [1.54, 1.807) is 18.5 Å². The minimum absolute atomic E-state index is 0.189. The van der Waals surface area contributed by atoms with Gasteiger partial charge in [0.25, 0.3) is 0 Å². The molecule has 7 heteroatoms. The molecule has 42 heavy (non-hydrogen) atoms. The molecule has 4 rings (SSSR count). The van der Waals surface area contributed by atoms with Gasteiger partial charge in [-0.15, -0.1) is 0 Å². The second-order valence-electron chi connectivity index (χ2n) is 11.9. The van der Waals surface area contributed by atoms with E-state index in [1.165, 1.54) is 11.1 Å². The highest BCUT2D eigenvalue weighted by Crippen LogP contribution is 2.33. The fourth-order valence-corrected chi connectivity index (χ4v) is 5.28. The lowest BCUT2D eigenvalue weighted by molar-refractivity contribution is -0.160. The second kappa shape index (κ2) is 13.8. The van der Waals surface area contributed by atoms with Gasteiger partial charge in [0.1, 0.15) is 5.60 Å². The molecule has 7 nitrogen and oxygen atoms in total. The molecule has 0 saturated carbocycles. The number of hydrogen-bond acceptors (Lipinski definition) is 6. The second-order valence-corrected chi connectivity index (χ2v) is 11.9. The summed E-state index contributed by atoms with van der Waals surface area (Å²) in [4.78, 5) is 33.3. The fourth-order valence-electron chi connectivity index (χ4n) is 5.28. The van der Waals surface area contributed by atoms with Gasteiger partial charge in [0.15, 0.2) is 0 Å². The first-order chi connectivity index (χ1) is 20.0. The van der Waals surface area contributed by atoms with Crippen molar-refractivity contribution in [1.29, 1.82) is 0 Å². The number of rotatable bonds is 12. The Morgan fingerprint density at radius 3 is 2.36 bits per heavy atom. The molecule has 2 N–H and O–H groups in total. The lowest BCUT2D eigenvalue weighted by atomic mass is 9.98.